The van der Waals surface area contributed by atoms with Crippen molar-refractivity contribution in [3.63, 3.8) is 0 Å². The van der Waals surface area contributed by atoms with Crippen molar-refractivity contribution in [3.05, 3.63) is 41.6 Å². The Morgan fingerprint density at radius 3 is 2.74 bits per heavy atom. The number of amides is 2. The van der Waals surface area contributed by atoms with Gasteiger partial charge in [-0.3, -0.25) is 9.59 Å². The largest absolute Gasteiger partial charge is 0.384 e. The summed E-state index contributed by atoms with van der Waals surface area (Å²) >= 11 is 5.63. The molecule has 1 saturated carbocycles. The van der Waals surface area contributed by atoms with Gasteiger partial charge in [0.25, 0.3) is 0 Å². The zero-order valence-electron chi connectivity index (χ0n) is 20.1. The Balaban J connectivity index is 1.63. The topological polar surface area (TPSA) is 98.6 Å². The molecule has 1 aliphatic heterocycles. The lowest BCUT2D eigenvalue weighted by Crippen LogP contribution is -2.54. The third-order valence-electron chi connectivity index (χ3n) is 6.46. The molecule has 1 saturated heterocycles. The lowest BCUT2D eigenvalue weighted by atomic mass is 9.98. The number of pyridine rings is 1. The molecule has 2 aliphatic rings. The second-order valence-corrected chi connectivity index (χ2v) is 9.33. The molecule has 2 amide bonds. The van der Waals surface area contributed by atoms with Crippen LogP contribution in [0.2, 0.25) is 0 Å². The Kier molecular flexibility index (Phi) is 7.89. The molecule has 0 spiro atoms. The summed E-state index contributed by atoms with van der Waals surface area (Å²) in [6.45, 7) is 4.26. The highest BCUT2D eigenvalue weighted by Crippen LogP contribution is 2.45. The van der Waals surface area contributed by atoms with Crippen molar-refractivity contribution in [2.75, 3.05) is 49.4 Å². The number of anilines is 2. The van der Waals surface area contributed by atoms with Gasteiger partial charge in [-0.25, -0.2) is 4.98 Å². The minimum atomic E-state index is -0.272. The number of hydrogen-bond acceptors (Lipinski definition) is 6. The van der Waals surface area contributed by atoms with Gasteiger partial charge in [0, 0.05) is 50.0 Å². The first kappa shape index (κ1) is 25.0. The zero-order valence-corrected chi connectivity index (χ0v) is 20.8. The Morgan fingerprint density at radius 1 is 1.29 bits per heavy atom. The molecule has 2 aromatic rings. The second-order valence-electron chi connectivity index (χ2n) is 9.07. The lowest BCUT2D eigenvalue weighted by molar-refractivity contribution is -0.134. The van der Waals surface area contributed by atoms with E-state index in [-0.39, 0.29) is 23.7 Å². The van der Waals surface area contributed by atoms with Crippen molar-refractivity contribution in [2.24, 2.45) is 0 Å². The van der Waals surface area contributed by atoms with E-state index in [9.17, 15) is 14.9 Å². The molecule has 1 aromatic carbocycles. The SMILES string of the molecule is COCCC(=O)N1CCN(c2nc(C3CC3)c(-c3cccc(NC(=O)CCl)c3)cc2C#N)CC1C. The quantitative estimate of drug-likeness (QED) is 0.560. The summed E-state index contributed by atoms with van der Waals surface area (Å²) in [5, 5.41) is 12.8. The summed E-state index contributed by atoms with van der Waals surface area (Å²) < 4.78 is 5.05. The minimum absolute atomic E-state index is 0.00715. The standard InChI is InChI=1S/C26H30ClN5O3/c1-17-16-31(9-10-32(17)24(34)8-11-35-2)26-20(15-28)13-22(25(30-26)18-6-7-18)19-4-3-5-21(12-19)29-23(33)14-27/h3-5,12-13,17-18H,6-11,14,16H2,1-2H3,(H,29,33). The van der Waals surface area contributed by atoms with Crippen LogP contribution in [0.4, 0.5) is 11.5 Å². The van der Waals surface area contributed by atoms with Crippen molar-refractivity contribution in [1.82, 2.24) is 9.88 Å². The third-order valence-corrected chi connectivity index (χ3v) is 6.71. The van der Waals surface area contributed by atoms with Crippen LogP contribution in [-0.4, -0.2) is 67.0 Å². The number of nitrogens with zero attached hydrogens (tertiary/aromatic N) is 4. The predicted octanol–water partition coefficient (Wildman–Crippen LogP) is 3.75. The number of nitrogens with one attached hydrogen (secondary N) is 1. The normalized spacial score (nSPS) is 17.7. The number of halogens is 1. The number of hydrogen-bond donors (Lipinski definition) is 1. The van der Waals surface area contributed by atoms with Crippen molar-refractivity contribution in [3.8, 4) is 17.2 Å². The van der Waals surface area contributed by atoms with E-state index in [1.54, 1.807) is 7.11 Å². The molecule has 1 aromatic heterocycles. The van der Waals surface area contributed by atoms with Gasteiger partial charge in [0.1, 0.15) is 17.8 Å². The first-order valence-electron chi connectivity index (χ1n) is 11.9. The molecule has 1 aliphatic carbocycles. The molecule has 1 N–H and O–H groups in total. The Bertz CT molecular complexity index is 1140. The molecule has 2 heterocycles. The molecular formula is C26H30ClN5O3. The number of piperazine rings is 1. The van der Waals surface area contributed by atoms with E-state index in [1.165, 1.54) is 0 Å². The fourth-order valence-electron chi connectivity index (χ4n) is 4.55. The van der Waals surface area contributed by atoms with Crippen molar-refractivity contribution < 1.29 is 14.3 Å². The van der Waals surface area contributed by atoms with Gasteiger partial charge in [-0.15, -0.1) is 11.6 Å². The van der Waals surface area contributed by atoms with Gasteiger partial charge in [-0.1, -0.05) is 12.1 Å². The van der Waals surface area contributed by atoms with Crippen LogP contribution in [0, 0.1) is 11.3 Å². The average Bonchev–Trinajstić information content (AvgIpc) is 3.72. The van der Waals surface area contributed by atoms with Gasteiger partial charge in [0.15, 0.2) is 0 Å². The van der Waals surface area contributed by atoms with Gasteiger partial charge in [-0.05, 0) is 43.5 Å². The summed E-state index contributed by atoms with van der Waals surface area (Å²) in [6, 6.07) is 11.8. The molecule has 8 nitrogen and oxygen atoms in total. The summed E-state index contributed by atoms with van der Waals surface area (Å²) in [5.74, 6) is 0.734. The molecule has 4 rings (SSSR count). The number of nitriles is 1. The molecule has 0 bridgehead atoms. The van der Waals surface area contributed by atoms with E-state index in [0.29, 0.717) is 55.6 Å². The van der Waals surface area contributed by atoms with Gasteiger partial charge in [-0.2, -0.15) is 5.26 Å². The zero-order chi connectivity index (χ0) is 24.9. The highest BCUT2D eigenvalue weighted by molar-refractivity contribution is 6.29. The summed E-state index contributed by atoms with van der Waals surface area (Å²) in [5.41, 5.74) is 3.95. The first-order valence-corrected chi connectivity index (χ1v) is 12.4. The third kappa shape index (κ3) is 5.75. The van der Waals surface area contributed by atoms with E-state index >= 15 is 0 Å². The number of carbonyl (C=O) groups excluding carboxylic acids is 2. The Morgan fingerprint density at radius 2 is 2.09 bits per heavy atom. The number of benzene rings is 1. The first-order chi connectivity index (χ1) is 16.9. The molecule has 184 valence electrons. The van der Waals surface area contributed by atoms with E-state index in [1.807, 2.05) is 42.2 Å². The maximum Gasteiger partial charge on any atom is 0.239 e. The van der Waals surface area contributed by atoms with E-state index in [2.05, 4.69) is 16.3 Å². The number of rotatable bonds is 8. The van der Waals surface area contributed by atoms with Crippen molar-refractivity contribution in [2.45, 2.75) is 38.1 Å². The van der Waals surface area contributed by atoms with Crippen LogP contribution in [0.25, 0.3) is 11.1 Å². The maximum absolute atomic E-state index is 12.5. The smallest absolute Gasteiger partial charge is 0.239 e. The maximum atomic E-state index is 12.5. The van der Waals surface area contributed by atoms with Crippen LogP contribution in [0.15, 0.2) is 30.3 Å². The molecular weight excluding hydrogens is 466 g/mol. The van der Waals surface area contributed by atoms with Crippen LogP contribution in [0.3, 0.4) is 0 Å². The van der Waals surface area contributed by atoms with E-state index < -0.39 is 0 Å². The summed E-state index contributed by atoms with van der Waals surface area (Å²) in [6.07, 6.45) is 2.49. The van der Waals surface area contributed by atoms with Crippen molar-refractivity contribution >= 4 is 34.9 Å². The monoisotopic (exact) mass is 495 g/mol. The fourth-order valence-corrected chi connectivity index (χ4v) is 4.62. The number of ether oxygens (including phenoxy) is 1. The highest BCUT2D eigenvalue weighted by Gasteiger charge is 2.33. The number of alkyl halides is 1. The molecule has 1 unspecified atom stereocenters. The number of methoxy groups -OCH3 is 1. The van der Waals surface area contributed by atoms with Gasteiger partial charge >= 0.3 is 0 Å². The average molecular weight is 496 g/mol. The lowest BCUT2D eigenvalue weighted by Gasteiger charge is -2.41. The second kappa shape index (κ2) is 11.1. The number of carbonyl (C=O) groups is 2. The molecule has 9 heteroatoms. The van der Waals surface area contributed by atoms with Crippen LogP contribution < -0.4 is 10.2 Å². The predicted molar refractivity (Wildman–Crippen MR) is 136 cm³/mol. The van der Waals surface area contributed by atoms with Crippen LogP contribution in [0.5, 0.6) is 0 Å². The fraction of sp³-hybridized carbons (Fsp3) is 0.462. The van der Waals surface area contributed by atoms with E-state index in [0.717, 1.165) is 29.7 Å². The molecule has 35 heavy (non-hydrogen) atoms. The molecule has 0 radical (unpaired) electrons. The molecule has 2 fully saturated rings. The number of aromatic nitrogens is 1. The Labute approximate surface area is 210 Å². The van der Waals surface area contributed by atoms with Gasteiger partial charge < -0.3 is 19.9 Å². The van der Waals surface area contributed by atoms with Crippen LogP contribution in [0.1, 0.15) is 43.4 Å². The van der Waals surface area contributed by atoms with Gasteiger partial charge in [0.2, 0.25) is 11.8 Å². The summed E-state index contributed by atoms with van der Waals surface area (Å²) in [7, 11) is 1.59. The van der Waals surface area contributed by atoms with Crippen molar-refractivity contribution in [1.29, 1.82) is 5.26 Å². The Hall–Kier alpha value is -3.15. The highest BCUT2D eigenvalue weighted by atomic mass is 35.5. The van der Waals surface area contributed by atoms with Gasteiger partial charge in [0.05, 0.1) is 24.3 Å². The van der Waals surface area contributed by atoms with E-state index in [4.69, 9.17) is 21.3 Å². The minimum Gasteiger partial charge on any atom is -0.384 e. The molecule has 1 atom stereocenters. The van der Waals surface area contributed by atoms with Crippen LogP contribution in [-0.2, 0) is 14.3 Å². The van der Waals surface area contributed by atoms with Crippen LogP contribution >= 0.6 is 11.6 Å². The summed E-state index contributed by atoms with van der Waals surface area (Å²) in [4.78, 5) is 33.3.